The van der Waals surface area contributed by atoms with Gasteiger partial charge in [0.15, 0.2) is 0 Å². The second-order valence-electron chi connectivity index (χ2n) is 6.95. The van der Waals surface area contributed by atoms with Gasteiger partial charge in [0.2, 0.25) is 5.91 Å². The molecule has 1 aliphatic heterocycles. The zero-order valence-electron chi connectivity index (χ0n) is 16.5. The van der Waals surface area contributed by atoms with Crippen LogP contribution in [0.15, 0.2) is 24.4 Å². The van der Waals surface area contributed by atoms with Crippen LogP contribution in [0.2, 0.25) is 0 Å². The number of ether oxygens (including phenoxy) is 2. The molecule has 27 heavy (non-hydrogen) atoms. The number of benzene rings is 1. The van der Waals surface area contributed by atoms with Crippen molar-refractivity contribution in [3.8, 4) is 11.5 Å². The van der Waals surface area contributed by atoms with Crippen molar-refractivity contribution in [1.29, 1.82) is 0 Å². The molecule has 0 saturated carbocycles. The van der Waals surface area contributed by atoms with E-state index in [0.717, 1.165) is 34.7 Å². The molecule has 1 aromatic heterocycles. The van der Waals surface area contributed by atoms with Gasteiger partial charge in [0.1, 0.15) is 17.6 Å². The Labute approximate surface area is 160 Å². The highest BCUT2D eigenvalue weighted by atomic mass is 16.5. The predicted molar refractivity (Wildman–Crippen MR) is 103 cm³/mol. The van der Waals surface area contributed by atoms with Crippen LogP contribution < -0.4 is 14.8 Å². The number of aryl methyl sites for hydroxylation is 1. The largest absolute Gasteiger partial charge is 0.497 e. The molecule has 2 heterocycles. The topological polar surface area (TPSA) is 68.6 Å². The number of nitrogens with one attached hydrogen (secondary N) is 1. The van der Waals surface area contributed by atoms with Crippen molar-refractivity contribution < 1.29 is 14.3 Å². The molecule has 0 saturated heterocycles. The highest BCUT2D eigenvalue weighted by molar-refractivity contribution is 5.78. The Morgan fingerprint density at radius 1 is 1.44 bits per heavy atom. The molecule has 0 fully saturated rings. The summed E-state index contributed by atoms with van der Waals surface area (Å²) >= 11 is 0. The van der Waals surface area contributed by atoms with Crippen LogP contribution in [0.1, 0.15) is 30.2 Å². The molecule has 1 aliphatic rings. The van der Waals surface area contributed by atoms with Crippen LogP contribution in [0.4, 0.5) is 0 Å². The van der Waals surface area contributed by atoms with Crippen LogP contribution in [0, 0.1) is 6.92 Å². The van der Waals surface area contributed by atoms with E-state index in [2.05, 4.69) is 22.2 Å². The van der Waals surface area contributed by atoms with Gasteiger partial charge in [0, 0.05) is 43.5 Å². The minimum absolute atomic E-state index is 0.000507. The number of hydrogen-bond acceptors (Lipinski definition) is 5. The van der Waals surface area contributed by atoms with E-state index in [9.17, 15) is 4.79 Å². The minimum atomic E-state index is -0.000507. The van der Waals surface area contributed by atoms with Crippen molar-refractivity contribution in [2.75, 3.05) is 20.2 Å². The van der Waals surface area contributed by atoms with Crippen molar-refractivity contribution in [1.82, 2.24) is 20.0 Å². The van der Waals surface area contributed by atoms with Crippen molar-refractivity contribution >= 4 is 5.91 Å². The molecular formula is C20H28N4O3. The first kappa shape index (κ1) is 19.2. The molecule has 1 unspecified atom stereocenters. The molecule has 0 spiro atoms. The van der Waals surface area contributed by atoms with Crippen LogP contribution >= 0.6 is 0 Å². The Morgan fingerprint density at radius 2 is 2.26 bits per heavy atom. The summed E-state index contributed by atoms with van der Waals surface area (Å²) in [5.41, 5.74) is 3.14. The van der Waals surface area contributed by atoms with Crippen LogP contribution in [0.3, 0.4) is 0 Å². The smallest absolute Gasteiger partial charge is 0.234 e. The number of nitrogens with zero attached hydrogens (tertiary/aromatic N) is 3. The highest BCUT2D eigenvalue weighted by Crippen LogP contribution is 2.29. The third kappa shape index (κ3) is 4.60. The standard InChI is InChI=1S/C20H28N4O3/c1-5-17-12-24(11-15-8-18(26-4)6-7-19(15)27-17)13-20(25)21-9-16-10-22-23(3)14(16)2/h6-8,10,17H,5,9,11-13H2,1-4H3,(H,21,25). The fraction of sp³-hybridized carbons (Fsp3) is 0.500. The summed E-state index contributed by atoms with van der Waals surface area (Å²) in [7, 11) is 3.55. The van der Waals surface area contributed by atoms with Gasteiger partial charge in [-0.2, -0.15) is 5.10 Å². The van der Waals surface area contributed by atoms with Gasteiger partial charge >= 0.3 is 0 Å². The minimum Gasteiger partial charge on any atom is -0.497 e. The molecule has 7 heteroatoms. The van der Waals surface area contributed by atoms with E-state index in [1.165, 1.54) is 0 Å². The Morgan fingerprint density at radius 3 is 2.93 bits per heavy atom. The average Bonchev–Trinajstić information content (AvgIpc) is 2.88. The van der Waals surface area contributed by atoms with E-state index < -0.39 is 0 Å². The molecule has 1 N–H and O–H groups in total. The Hall–Kier alpha value is -2.54. The predicted octanol–water partition coefficient (Wildman–Crippen LogP) is 2.03. The van der Waals surface area contributed by atoms with Crippen LogP contribution in [-0.2, 0) is 24.9 Å². The number of carbonyl (C=O) groups excluding carboxylic acids is 1. The van der Waals surface area contributed by atoms with Gasteiger partial charge in [0.05, 0.1) is 19.9 Å². The Kier molecular flexibility index (Phi) is 6.01. The number of rotatable bonds is 6. The van der Waals surface area contributed by atoms with Gasteiger partial charge in [0.25, 0.3) is 0 Å². The average molecular weight is 372 g/mol. The number of amides is 1. The lowest BCUT2D eigenvalue weighted by Crippen LogP contribution is -2.40. The summed E-state index contributed by atoms with van der Waals surface area (Å²) in [5, 5.41) is 7.21. The van der Waals surface area contributed by atoms with Crippen molar-refractivity contribution in [2.24, 2.45) is 7.05 Å². The summed E-state index contributed by atoms with van der Waals surface area (Å²) in [4.78, 5) is 14.6. The third-order valence-electron chi connectivity index (χ3n) is 5.05. The van der Waals surface area contributed by atoms with Crippen molar-refractivity contribution in [3.05, 3.63) is 41.2 Å². The fourth-order valence-corrected chi connectivity index (χ4v) is 3.23. The number of fused-ring (bicyclic) bond motifs is 1. The van der Waals surface area contributed by atoms with E-state index in [1.807, 2.05) is 36.9 Å². The summed E-state index contributed by atoms with van der Waals surface area (Å²) in [6, 6.07) is 5.84. The maximum Gasteiger partial charge on any atom is 0.234 e. The molecule has 146 valence electrons. The quantitative estimate of drug-likeness (QED) is 0.840. The van der Waals surface area contributed by atoms with Gasteiger partial charge < -0.3 is 14.8 Å². The third-order valence-corrected chi connectivity index (χ3v) is 5.05. The van der Waals surface area contributed by atoms with E-state index in [0.29, 0.717) is 26.2 Å². The van der Waals surface area contributed by atoms with Gasteiger partial charge in [-0.25, -0.2) is 0 Å². The number of methoxy groups -OCH3 is 1. The van der Waals surface area contributed by atoms with E-state index in [4.69, 9.17) is 9.47 Å². The van der Waals surface area contributed by atoms with E-state index in [-0.39, 0.29) is 12.0 Å². The van der Waals surface area contributed by atoms with E-state index >= 15 is 0 Å². The lowest BCUT2D eigenvalue weighted by molar-refractivity contribution is -0.122. The molecule has 3 rings (SSSR count). The lowest BCUT2D eigenvalue weighted by atomic mass is 10.1. The summed E-state index contributed by atoms with van der Waals surface area (Å²) in [5.74, 6) is 1.67. The summed E-state index contributed by atoms with van der Waals surface area (Å²) < 4.78 is 13.3. The maximum absolute atomic E-state index is 12.5. The number of hydrogen-bond donors (Lipinski definition) is 1. The molecule has 0 bridgehead atoms. The second kappa shape index (κ2) is 8.43. The van der Waals surface area contributed by atoms with Crippen LogP contribution in [-0.4, -0.2) is 46.9 Å². The first-order valence-corrected chi connectivity index (χ1v) is 9.30. The zero-order valence-corrected chi connectivity index (χ0v) is 16.5. The summed E-state index contributed by atoms with van der Waals surface area (Å²) in [6.45, 7) is 6.29. The fourth-order valence-electron chi connectivity index (χ4n) is 3.23. The van der Waals surface area contributed by atoms with Crippen LogP contribution in [0.5, 0.6) is 11.5 Å². The Balaban J connectivity index is 1.65. The molecule has 7 nitrogen and oxygen atoms in total. The van der Waals surface area contributed by atoms with Crippen molar-refractivity contribution in [3.63, 3.8) is 0 Å². The van der Waals surface area contributed by atoms with Gasteiger partial charge in [-0.1, -0.05) is 6.92 Å². The molecule has 2 aromatic rings. The zero-order chi connectivity index (χ0) is 19.4. The molecule has 1 atom stereocenters. The first-order chi connectivity index (χ1) is 13.0. The van der Waals surface area contributed by atoms with Crippen molar-refractivity contribution in [2.45, 2.75) is 39.5 Å². The number of carbonyl (C=O) groups is 1. The maximum atomic E-state index is 12.5. The second-order valence-corrected chi connectivity index (χ2v) is 6.95. The number of aromatic nitrogens is 2. The van der Waals surface area contributed by atoms with Crippen LogP contribution in [0.25, 0.3) is 0 Å². The van der Waals surface area contributed by atoms with Gasteiger partial charge in [-0.3, -0.25) is 14.4 Å². The molecule has 1 aromatic carbocycles. The Bertz CT molecular complexity index is 803. The molecule has 1 amide bonds. The lowest BCUT2D eigenvalue weighted by Gasteiger charge is -2.22. The normalized spacial score (nSPS) is 17.0. The highest BCUT2D eigenvalue weighted by Gasteiger charge is 2.24. The molecule has 0 radical (unpaired) electrons. The SMILES string of the molecule is CCC1CN(CC(=O)NCc2cnn(C)c2C)Cc2cc(OC)ccc2O1. The summed E-state index contributed by atoms with van der Waals surface area (Å²) in [6.07, 6.45) is 2.75. The monoisotopic (exact) mass is 372 g/mol. The molecular weight excluding hydrogens is 344 g/mol. The first-order valence-electron chi connectivity index (χ1n) is 9.30. The molecule has 0 aliphatic carbocycles. The van der Waals surface area contributed by atoms with Gasteiger partial charge in [-0.05, 0) is 31.5 Å². The van der Waals surface area contributed by atoms with Gasteiger partial charge in [-0.15, -0.1) is 0 Å². The van der Waals surface area contributed by atoms with E-state index in [1.54, 1.807) is 13.3 Å².